The molecule has 2 heterocycles. The van der Waals surface area contributed by atoms with Crippen LogP contribution in [0.25, 0.3) is 0 Å². The van der Waals surface area contributed by atoms with Crippen LogP contribution in [0.5, 0.6) is 0 Å². The Morgan fingerprint density at radius 2 is 2.38 bits per heavy atom. The lowest BCUT2D eigenvalue weighted by molar-refractivity contribution is -0.126. The lowest BCUT2D eigenvalue weighted by Crippen LogP contribution is -2.34. The van der Waals surface area contributed by atoms with Gasteiger partial charge in [0.05, 0.1) is 18.2 Å². The zero-order chi connectivity index (χ0) is 17.1. The van der Waals surface area contributed by atoms with Crippen LogP contribution in [0, 0.1) is 5.82 Å². The number of anilines is 1. The first-order valence-electron chi connectivity index (χ1n) is 7.36. The van der Waals surface area contributed by atoms with Crippen molar-refractivity contribution in [3.8, 4) is 0 Å². The van der Waals surface area contributed by atoms with E-state index in [0.717, 1.165) is 16.5 Å². The van der Waals surface area contributed by atoms with Gasteiger partial charge in [0, 0.05) is 23.2 Å². The number of amides is 2. The molecule has 0 spiro atoms. The van der Waals surface area contributed by atoms with Gasteiger partial charge in [-0.25, -0.2) is 9.37 Å². The van der Waals surface area contributed by atoms with Gasteiger partial charge in [-0.1, -0.05) is 6.07 Å². The van der Waals surface area contributed by atoms with Crippen molar-refractivity contribution in [3.05, 3.63) is 45.7 Å². The van der Waals surface area contributed by atoms with Crippen molar-refractivity contribution in [1.82, 2.24) is 10.3 Å². The minimum atomic E-state index is -0.612. The second-order valence-corrected chi connectivity index (χ2v) is 7.23. The standard InChI is InChI=1S/C16H16FN3O2S2/c1-23-8-15-19-10(7-24-15)6-18-16(22)12-5-14(21)20-13-4-9(17)2-3-11(12)13/h2-4,7,12H,5-6,8H2,1H3,(H,18,22)(H,20,21). The number of benzene rings is 1. The highest BCUT2D eigenvalue weighted by Gasteiger charge is 2.30. The first-order chi connectivity index (χ1) is 11.6. The van der Waals surface area contributed by atoms with E-state index in [9.17, 15) is 14.0 Å². The van der Waals surface area contributed by atoms with Crippen LogP contribution in [0.4, 0.5) is 10.1 Å². The third-order valence-electron chi connectivity index (χ3n) is 3.68. The van der Waals surface area contributed by atoms with Gasteiger partial charge in [-0.2, -0.15) is 11.8 Å². The summed E-state index contributed by atoms with van der Waals surface area (Å²) in [7, 11) is 0. The minimum absolute atomic E-state index is 0.0548. The van der Waals surface area contributed by atoms with Gasteiger partial charge in [0.1, 0.15) is 10.8 Å². The number of aromatic nitrogens is 1. The predicted molar refractivity (Wildman–Crippen MR) is 93.6 cm³/mol. The molecule has 2 amide bonds. The van der Waals surface area contributed by atoms with E-state index < -0.39 is 11.7 Å². The van der Waals surface area contributed by atoms with E-state index in [1.54, 1.807) is 29.2 Å². The maximum Gasteiger partial charge on any atom is 0.228 e. The van der Waals surface area contributed by atoms with Crippen LogP contribution in [0.3, 0.4) is 0 Å². The molecule has 8 heteroatoms. The molecule has 1 aromatic carbocycles. The Kier molecular flexibility index (Phi) is 5.15. The van der Waals surface area contributed by atoms with Gasteiger partial charge >= 0.3 is 0 Å². The lowest BCUT2D eigenvalue weighted by Gasteiger charge is -2.24. The first-order valence-corrected chi connectivity index (χ1v) is 9.63. The van der Waals surface area contributed by atoms with E-state index in [1.807, 2.05) is 11.6 Å². The minimum Gasteiger partial charge on any atom is -0.350 e. The highest BCUT2D eigenvalue weighted by atomic mass is 32.2. The van der Waals surface area contributed by atoms with Gasteiger partial charge in [0.2, 0.25) is 11.8 Å². The Bertz CT molecular complexity index is 778. The number of halogens is 1. The van der Waals surface area contributed by atoms with Crippen molar-refractivity contribution in [2.75, 3.05) is 11.6 Å². The van der Waals surface area contributed by atoms with Crippen molar-refractivity contribution in [3.63, 3.8) is 0 Å². The summed E-state index contributed by atoms with van der Waals surface area (Å²) >= 11 is 3.26. The molecule has 0 fully saturated rings. The summed E-state index contributed by atoms with van der Waals surface area (Å²) in [5, 5.41) is 8.37. The quantitative estimate of drug-likeness (QED) is 0.855. The third-order valence-corrected chi connectivity index (χ3v) is 5.32. The van der Waals surface area contributed by atoms with Crippen LogP contribution in [0.2, 0.25) is 0 Å². The molecule has 2 aromatic rings. The van der Waals surface area contributed by atoms with Gasteiger partial charge in [-0.3, -0.25) is 9.59 Å². The molecule has 0 saturated heterocycles. The molecular formula is C16H16FN3O2S2. The molecule has 126 valence electrons. The number of fused-ring (bicyclic) bond motifs is 1. The summed E-state index contributed by atoms with van der Waals surface area (Å²) in [4.78, 5) is 28.7. The monoisotopic (exact) mass is 365 g/mol. The number of thiazole rings is 1. The number of carbonyl (C=O) groups excluding carboxylic acids is 2. The van der Waals surface area contributed by atoms with E-state index in [1.165, 1.54) is 12.1 Å². The molecule has 1 aromatic heterocycles. The summed E-state index contributed by atoms with van der Waals surface area (Å²) in [5.74, 6) is -0.751. The normalized spacial score (nSPS) is 16.4. The van der Waals surface area contributed by atoms with Crippen LogP contribution in [0.1, 0.15) is 28.6 Å². The van der Waals surface area contributed by atoms with Crippen molar-refractivity contribution >= 4 is 40.6 Å². The van der Waals surface area contributed by atoms with E-state index >= 15 is 0 Å². The Balaban J connectivity index is 1.69. The molecule has 0 radical (unpaired) electrons. The lowest BCUT2D eigenvalue weighted by atomic mass is 9.89. The van der Waals surface area contributed by atoms with Crippen molar-refractivity contribution in [1.29, 1.82) is 0 Å². The van der Waals surface area contributed by atoms with Crippen LogP contribution in [-0.2, 0) is 21.9 Å². The molecule has 24 heavy (non-hydrogen) atoms. The molecule has 5 nitrogen and oxygen atoms in total. The molecule has 0 saturated carbocycles. The fourth-order valence-corrected chi connectivity index (χ4v) is 4.11. The number of rotatable bonds is 5. The number of hydrogen-bond acceptors (Lipinski definition) is 5. The molecular weight excluding hydrogens is 349 g/mol. The molecule has 3 rings (SSSR count). The molecule has 0 bridgehead atoms. The second-order valence-electron chi connectivity index (χ2n) is 5.42. The summed E-state index contributed by atoms with van der Waals surface area (Å²) in [6.07, 6.45) is 2.07. The second kappa shape index (κ2) is 7.31. The number of hydrogen-bond donors (Lipinski definition) is 2. The average molecular weight is 365 g/mol. The van der Waals surface area contributed by atoms with E-state index in [0.29, 0.717) is 17.8 Å². The number of nitrogens with one attached hydrogen (secondary N) is 2. The molecule has 1 atom stereocenters. The highest BCUT2D eigenvalue weighted by Crippen LogP contribution is 2.32. The smallest absolute Gasteiger partial charge is 0.228 e. The Morgan fingerprint density at radius 3 is 3.17 bits per heavy atom. The molecule has 0 aliphatic carbocycles. The van der Waals surface area contributed by atoms with Gasteiger partial charge < -0.3 is 10.6 Å². The third kappa shape index (κ3) is 3.76. The van der Waals surface area contributed by atoms with Crippen LogP contribution in [0.15, 0.2) is 23.6 Å². The van der Waals surface area contributed by atoms with Crippen molar-refractivity contribution < 1.29 is 14.0 Å². The Labute approximate surface area is 147 Å². The van der Waals surface area contributed by atoms with Crippen LogP contribution in [-0.4, -0.2) is 23.1 Å². The van der Waals surface area contributed by atoms with Gasteiger partial charge in [0.25, 0.3) is 0 Å². The number of carbonyl (C=O) groups is 2. The molecule has 1 aliphatic rings. The zero-order valence-corrected chi connectivity index (χ0v) is 14.6. The maximum atomic E-state index is 13.3. The summed E-state index contributed by atoms with van der Waals surface area (Å²) in [6.45, 7) is 0.318. The van der Waals surface area contributed by atoms with Crippen molar-refractivity contribution in [2.24, 2.45) is 0 Å². The van der Waals surface area contributed by atoms with E-state index in [2.05, 4.69) is 15.6 Å². The summed E-state index contributed by atoms with van der Waals surface area (Å²) in [6, 6.07) is 4.08. The first kappa shape index (κ1) is 16.9. The van der Waals surface area contributed by atoms with Crippen molar-refractivity contribution in [2.45, 2.75) is 24.6 Å². The fourth-order valence-electron chi connectivity index (χ4n) is 2.59. The molecule has 1 unspecified atom stereocenters. The van der Waals surface area contributed by atoms with E-state index in [-0.39, 0.29) is 18.2 Å². The van der Waals surface area contributed by atoms with Gasteiger partial charge in [0.15, 0.2) is 0 Å². The fraction of sp³-hybridized carbons (Fsp3) is 0.312. The topological polar surface area (TPSA) is 71.1 Å². The van der Waals surface area contributed by atoms with Crippen LogP contribution >= 0.6 is 23.1 Å². The number of nitrogens with zero attached hydrogens (tertiary/aromatic N) is 1. The molecule has 1 aliphatic heterocycles. The zero-order valence-electron chi connectivity index (χ0n) is 13.0. The van der Waals surface area contributed by atoms with Gasteiger partial charge in [-0.05, 0) is 24.0 Å². The van der Waals surface area contributed by atoms with E-state index in [4.69, 9.17) is 0 Å². The average Bonchev–Trinajstić information content (AvgIpc) is 2.99. The highest BCUT2D eigenvalue weighted by molar-refractivity contribution is 7.97. The SMILES string of the molecule is CSCc1nc(CNC(=O)C2CC(=O)Nc3cc(F)ccc32)cs1. The van der Waals surface area contributed by atoms with Crippen LogP contribution < -0.4 is 10.6 Å². The summed E-state index contributed by atoms with van der Waals surface area (Å²) in [5.41, 5.74) is 1.80. The largest absolute Gasteiger partial charge is 0.350 e. The Hall–Kier alpha value is -1.93. The Morgan fingerprint density at radius 1 is 1.54 bits per heavy atom. The van der Waals surface area contributed by atoms with Gasteiger partial charge in [-0.15, -0.1) is 11.3 Å². The number of thioether (sulfide) groups is 1. The summed E-state index contributed by atoms with van der Waals surface area (Å²) < 4.78 is 13.3. The molecule has 2 N–H and O–H groups in total. The maximum absolute atomic E-state index is 13.3. The predicted octanol–water partition coefficient (Wildman–Crippen LogP) is 2.89.